The minimum Gasteiger partial charge on any atom is -0.503 e. The van der Waals surface area contributed by atoms with Crippen molar-refractivity contribution in [1.29, 1.82) is 0 Å². The van der Waals surface area contributed by atoms with Gasteiger partial charge in [0, 0.05) is 5.69 Å². The summed E-state index contributed by atoms with van der Waals surface area (Å²) < 4.78 is 11.8. The van der Waals surface area contributed by atoms with Gasteiger partial charge >= 0.3 is 0 Å². The van der Waals surface area contributed by atoms with E-state index in [1.807, 2.05) is 44.2 Å². The maximum absolute atomic E-state index is 13.8. The quantitative estimate of drug-likeness (QED) is 0.389. The predicted molar refractivity (Wildman–Crippen MR) is 129 cm³/mol. The summed E-state index contributed by atoms with van der Waals surface area (Å²) in [5.41, 5.74) is 3.55. The number of anilines is 1. The van der Waals surface area contributed by atoms with Gasteiger partial charge in [0.25, 0.3) is 5.91 Å². The zero-order valence-corrected chi connectivity index (χ0v) is 19.8. The summed E-state index contributed by atoms with van der Waals surface area (Å²) in [6.07, 6.45) is 0. The monoisotopic (exact) mass is 505 g/mol. The van der Waals surface area contributed by atoms with E-state index in [-0.39, 0.29) is 28.3 Å². The zero-order chi connectivity index (χ0) is 23.4. The van der Waals surface area contributed by atoms with Crippen molar-refractivity contribution in [3.05, 3.63) is 97.3 Å². The lowest BCUT2D eigenvalue weighted by Gasteiger charge is -2.26. The number of halogens is 1. The summed E-state index contributed by atoms with van der Waals surface area (Å²) >= 11 is 3.36. The molecule has 0 saturated carbocycles. The van der Waals surface area contributed by atoms with Gasteiger partial charge in [0.2, 0.25) is 5.76 Å². The SMILES string of the molecule is COc1cc(C2c3c(oc4cc(C)c(C)cc4c3=O)C(=O)N2c2ccccc2)cc(Br)c1O. The number of amides is 1. The minimum atomic E-state index is -0.761. The molecule has 1 aliphatic heterocycles. The molecule has 0 fully saturated rings. The summed E-state index contributed by atoms with van der Waals surface area (Å²) in [6.45, 7) is 3.87. The molecule has 0 saturated heterocycles. The van der Waals surface area contributed by atoms with Gasteiger partial charge in [-0.05, 0) is 82.9 Å². The smallest absolute Gasteiger partial charge is 0.295 e. The van der Waals surface area contributed by atoms with Crippen LogP contribution in [-0.2, 0) is 0 Å². The number of methoxy groups -OCH3 is 1. The van der Waals surface area contributed by atoms with Gasteiger partial charge < -0.3 is 14.3 Å². The molecule has 6 nitrogen and oxygen atoms in total. The molecule has 3 aromatic carbocycles. The highest BCUT2D eigenvalue weighted by Gasteiger charge is 2.44. The lowest BCUT2D eigenvalue weighted by molar-refractivity contribution is 0.0971. The first-order valence-corrected chi connectivity index (χ1v) is 11.1. The number of aryl methyl sites for hydroxylation is 2. The fourth-order valence-corrected chi connectivity index (χ4v) is 4.77. The van der Waals surface area contributed by atoms with Crippen LogP contribution >= 0.6 is 15.9 Å². The average Bonchev–Trinajstić information content (AvgIpc) is 3.10. The van der Waals surface area contributed by atoms with Crippen LogP contribution in [-0.4, -0.2) is 18.1 Å². The molecule has 1 amide bonds. The van der Waals surface area contributed by atoms with Crippen LogP contribution < -0.4 is 15.1 Å². The number of benzene rings is 3. The highest BCUT2D eigenvalue weighted by Crippen LogP contribution is 2.45. The lowest BCUT2D eigenvalue weighted by atomic mass is 9.97. The van der Waals surface area contributed by atoms with Gasteiger partial charge in [0.1, 0.15) is 5.58 Å². The van der Waals surface area contributed by atoms with Gasteiger partial charge in [-0.2, -0.15) is 0 Å². The normalized spacial score (nSPS) is 15.2. The molecule has 0 radical (unpaired) electrons. The summed E-state index contributed by atoms with van der Waals surface area (Å²) in [7, 11) is 1.45. The largest absolute Gasteiger partial charge is 0.503 e. The molecule has 33 heavy (non-hydrogen) atoms. The van der Waals surface area contributed by atoms with Gasteiger partial charge in [0.15, 0.2) is 16.9 Å². The third kappa shape index (κ3) is 3.23. The van der Waals surface area contributed by atoms with Crippen LogP contribution in [0.4, 0.5) is 5.69 Å². The number of hydrogen-bond acceptors (Lipinski definition) is 5. The molecule has 1 aliphatic rings. The summed E-state index contributed by atoms with van der Waals surface area (Å²) in [6, 6.07) is 15.3. The third-order valence-corrected chi connectivity index (χ3v) is 6.71. The number of phenolic OH excluding ortho intramolecular Hbond substituents is 1. The fourth-order valence-electron chi connectivity index (χ4n) is 4.31. The molecular weight excluding hydrogens is 486 g/mol. The van der Waals surface area contributed by atoms with Crippen molar-refractivity contribution in [1.82, 2.24) is 0 Å². The number of rotatable bonds is 3. The minimum absolute atomic E-state index is 0.0211. The predicted octanol–water partition coefficient (Wildman–Crippen LogP) is 5.64. The van der Waals surface area contributed by atoms with Crippen molar-refractivity contribution < 1.29 is 19.1 Å². The number of nitrogens with zero attached hydrogens (tertiary/aromatic N) is 1. The van der Waals surface area contributed by atoms with E-state index in [1.54, 1.807) is 29.2 Å². The molecule has 0 aliphatic carbocycles. The zero-order valence-electron chi connectivity index (χ0n) is 18.2. The first-order valence-electron chi connectivity index (χ1n) is 10.3. The van der Waals surface area contributed by atoms with Crippen LogP contribution in [0.25, 0.3) is 11.0 Å². The molecule has 1 unspecified atom stereocenters. The average molecular weight is 506 g/mol. The summed E-state index contributed by atoms with van der Waals surface area (Å²) in [5.74, 6) is -0.215. The molecule has 1 aromatic heterocycles. The molecule has 2 heterocycles. The van der Waals surface area contributed by atoms with E-state index in [0.29, 0.717) is 26.7 Å². The van der Waals surface area contributed by atoms with E-state index in [2.05, 4.69) is 15.9 Å². The first-order chi connectivity index (χ1) is 15.8. The summed E-state index contributed by atoms with van der Waals surface area (Å²) in [5, 5.41) is 10.7. The van der Waals surface area contributed by atoms with Crippen LogP contribution in [0.3, 0.4) is 0 Å². The van der Waals surface area contributed by atoms with Crippen molar-refractivity contribution >= 4 is 38.5 Å². The van der Waals surface area contributed by atoms with Crippen molar-refractivity contribution in [2.24, 2.45) is 0 Å². The van der Waals surface area contributed by atoms with E-state index < -0.39 is 11.9 Å². The molecule has 1 atom stereocenters. The van der Waals surface area contributed by atoms with Crippen LogP contribution in [0.5, 0.6) is 11.5 Å². The second-order valence-corrected chi connectivity index (χ2v) is 8.93. The van der Waals surface area contributed by atoms with Crippen LogP contribution in [0.2, 0.25) is 0 Å². The Bertz CT molecular complexity index is 1490. The molecule has 0 spiro atoms. The van der Waals surface area contributed by atoms with E-state index >= 15 is 0 Å². The Hall–Kier alpha value is -3.58. The molecule has 5 rings (SSSR count). The number of aromatic hydroxyl groups is 1. The maximum Gasteiger partial charge on any atom is 0.295 e. The van der Waals surface area contributed by atoms with Gasteiger partial charge in [-0.15, -0.1) is 0 Å². The number of carbonyl (C=O) groups is 1. The Morgan fingerprint density at radius 3 is 2.42 bits per heavy atom. The number of phenols is 1. The molecule has 1 N–H and O–H groups in total. The highest BCUT2D eigenvalue weighted by atomic mass is 79.9. The number of para-hydroxylation sites is 1. The van der Waals surface area contributed by atoms with E-state index in [4.69, 9.17) is 9.15 Å². The van der Waals surface area contributed by atoms with E-state index in [0.717, 1.165) is 11.1 Å². The van der Waals surface area contributed by atoms with Gasteiger partial charge in [-0.3, -0.25) is 14.5 Å². The topological polar surface area (TPSA) is 80.0 Å². The third-order valence-electron chi connectivity index (χ3n) is 6.11. The van der Waals surface area contributed by atoms with Crippen molar-refractivity contribution in [3.8, 4) is 11.5 Å². The molecular formula is C26H20BrNO5. The summed E-state index contributed by atoms with van der Waals surface area (Å²) in [4.78, 5) is 28.9. The number of hydrogen-bond donors (Lipinski definition) is 1. The second kappa shape index (κ2) is 7.78. The number of fused-ring (bicyclic) bond motifs is 2. The highest BCUT2D eigenvalue weighted by molar-refractivity contribution is 9.10. The van der Waals surface area contributed by atoms with Crippen molar-refractivity contribution in [2.75, 3.05) is 12.0 Å². The van der Waals surface area contributed by atoms with E-state index in [1.165, 1.54) is 7.11 Å². The van der Waals surface area contributed by atoms with Gasteiger partial charge in [0.05, 0.1) is 28.6 Å². The number of ether oxygens (including phenoxy) is 1. The fraction of sp³-hybridized carbons (Fsp3) is 0.154. The maximum atomic E-state index is 13.8. The van der Waals surface area contributed by atoms with Crippen LogP contribution in [0, 0.1) is 13.8 Å². The van der Waals surface area contributed by atoms with Gasteiger partial charge in [-0.1, -0.05) is 18.2 Å². The molecule has 7 heteroatoms. The molecule has 166 valence electrons. The Morgan fingerprint density at radius 2 is 1.73 bits per heavy atom. The van der Waals surface area contributed by atoms with Crippen molar-refractivity contribution in [3.63, 3.8) is 0 Å². The molecule has 4 aromatic rings. The standard InChI is InChI=1S/C26H20BrNO5/c1-13-9-17-19(10-14(13)2)33-25-21(23(17)29)22(15-11-18(27)24(30)20(12-15)32-3)28(26(25)31)16-7-5-4-6-8-16/h4-12,22,30H,1-3H3. The second-order valence-electron chi connectivity index (χ2n) is 8.07. The van der Waals surface area contributed by atoms with Gasteiger partial charge in [-0.25, -0.2) is 0 Å². The lowest BCUT2D eigenvalue weighted by Crippen LogP contribution is -2.29. The Labute approximate surface area is 198 Å². The Balaban J connectivity index is 1.85. The number of carbonyl (C=O) groups excluding carboxylic acids is 1. The van der Waals surface area contributed by atoms with E-state index in [9.17, 15) is 14.7 Å². The van der Waals surface area contributed by atoms with Crippen LogP contribution in [0.15, 0.2) is 68.3 Å². The Morgan fingerprint density at radius 1 is 1.03 bits per heavy atom. The first kappa shape index (κ1) is 21.3. The Kier molecular flexibility index (Phi) is 5.01. The van der Waals surface area contributed by atoms with Crippen molar-refractivity contribution in [2.45, 2.75) is 19.9 Å². The van der Waals surface area contributed by atoms with Crippen LogP contribution in [0.1, 0.15) is 38.9 Å². The molecule has 0 bridgehead atoms.